The molecule has 1 aliphatic rings. The first-order chi connectivity index (χ1) is 9.72. The van der Waals surface area contributed by atoms with Crippen LogP contribution in [0, 0.1) is 6.07 Å². The molecule has 0 aromatic heterocycles. The van der Waals surface area contributed by atoms with Crippen molar-refractivity contribution in [3.63, 3.8) is 0 Å². The number of hydrogen-bond donors (Lipinski definition) is 0. The van der Waals surface area contributed by atoms with E-state index in [4.69, 9.17) is 4.74 Å². The average Bonchev–Trinajstić information content (AvgIpc) is 2.96. The molecule has 103 valence electrons. The van der Waals surface area contributed by atoms with Crippen molar-refractivity contribution in [2.75, 3.05) is 0 Å². The molecule has 1 fully saturated rings. The number of carbonyl (C=O) groups excluding carboxylic acids is 1. The van der Waals surface area contributed by atoms with Crippen molar-refractivity contribution in [1.82, 2.24) is 0 Å². The number of hydrogen-bond acceptors (Lipinski definition) is 2. The third kappa shape index (κ3) is 2.43. The third-order valence-corrected chi connectivity index (χ3v) is 4.35. The Morgan fingerprint density at radius 1 is 1.20 bits per heavy atom. The number of fused-ring (bicyclic) bond motifs is 1. The minimum atomic E-state index is -0.240. The van der Waals surface area contributed by atoms with Crippen molar-refractivity contribution in [3.8, 4) is 0 Å². The molecule has 0 atom stereocenters. The molecule has 2 heteroatoms. The zero-order valence-corrected chi connectivity index (χ0v) is 11.8. The maximum absolute atomic E-state index is 12.4. The minimum absolute atomic E-state index is 0.237. The Labute approximate surface area is 119 Å². The Kier molecular flexibility index (Phi) is 3.47. The molecule has 2 aromatic carbocycles. The van der Waals surface area contributed by atoms with Gasteiger partial charge in [-0.15, -0.1) is 0 Å². The first-order valence-corrected chi connectivity index (χ1v) is 7.37. The lowest BCUT2D eigenvalue weighted by molar-refractivity contribution is -0.0172. The minimum Gasteiger partial charge on any atom is -0.455 e. The summed E-state index contributed by atoms with van der Waals surface area (Å²) in [6.45, 7) is 2.10. The number of carbonyl (C=O) groups is 1. The highest BCUT2D eigenvalue weighted by Gasteiger charge is 2.36. The molecule has 0 amide bonds. The lowest BCUT2D eigenvalue weighted by Crippen LogP contribution is -2.31. The molecule has 0 N–H and O–H groups in total. The summed E-state index contributed by atoms with van der Waals surface area (Å²) < 4.78 is 5.81. The Balaban J connectivity index is 1.85. The molecule has 2 nitrogen and oxygen atoms in total. The van der Waals surface area contributed by atoms with Crippen LogP contribution in [0.25, 0.3) is 10.8 Å². The van der Waals surface area contributed by atoms with Crippen LogP contribution >= 0.6 is 0 Å². The Hall–Kier alpha value is -1.83. The van der Waals surface area contributed by atoms with Gasteiger partial charge in [-0.3, -0.25) is 0 Å². The lowest BCUT2D eigenvalue weighted by Gasteiger charge is -2.27. The van der Waals surface area contributed by atoms with Crippen LogP contribution in [-0.4, -0.2) is 11.6 Å². The van der Waals surface area contributed by atoms with Crippen LogP contribution in [0.15, 0.2) is 36.4 Å². The largest absolute Gasteiger partial charge is 0.455 e. The lowest BCUT2D eigenvalue weighted by atomic mass is 9.98. The predicted octanol–water partition coefficient (Wildman–Crippen LogP) is 4.52. The standard InChI is InChI=1S/C18H19O2/c1-2-18(11-5-6-12-18)20-17(19)16-10-9-14-7-3-4-8-15(14)13-16/h3-4,7-10H,2,5-6,11-12H2,1H3. The fraction of sp³-hybridized carbons (Fsp3) is 0.389. The predicted molar refractivity (Wildman–Crippen MR) is 79.7 cm³/mol. The van der Waals surface area contributed by atoms with Crippen LogP contribution in [-0.2, 0) is 4.74 Å². The number of rotatable bonds is 3. The van der Waals surface area contributed by atoms with E-state index < -0.39 is 0 Å². The molecule has 2 aromatic rings. The van der Waals surface area contributed by atoms with Gasteiger partial charge in [-0.05, 0) is 48.9 Å². The second-order valence-electron chi connectivity index (χ2n) is 5.59. The van der Waals surface area contributed by atoms with E-state index in [1.807, 2.05) is 36.4 Å². The van der Waals surface area contributed by atoms with Crippen LogP contribution in [0.2, 0.25) is 0 Å². The van der Waals surface area contributed by atoms with E-state index in [9.17, 15) is 4.79 Å². The van der Waals surface area contributed by atoms with Gasteiger partial charge in [0.25, 0.3) is 0 Å². The second-order valence-corrected chi connectivity index (χ2v) is 5.59. The molecular formula is C18H19O2. The van der Waals surface area contributed by atoms with Crippen LogP contribution in [0.4, 0.5) is 0 Å². The molecule has 0 unspecified atom stereocenters. The Bertz CT molecular complexity index is 624. The molecule has 0 saturated heterocycles. The van der Waals surface area contributed by atoms with Gasteiger partial charge in [0.05, 0.1) is 5.56 Å². The molecule has 0 spiro atoms. The topological polar surface area (TPSA) is 26.3 Å². The maximum Gasteiger partial charge on any atom is 0.339 e. The van der Waals surface area contributed by atoms with Gasteiger partial charge in [0.1, 0.15) is 5.60 Å². The summed E-state index contributed by atoms with van der Waals surface area (Å²) in [6, 6.07) is 14.9. The van der Waals surface area contributed by atoms with Gasteiger partial charge >= 0.3 is 5.97 Å². The molecule has 1 saturated carbocycles. The van der Waals surface area contributed by atoms with Crippen LogP contribution in [0.5, 0.6) is 0 Å². The van der Waals surface area contributed by atoms with Crippen molar-refractivity contribution in [1.29, 1.82) is 0 Å². The molecule has 1 radical (unpaired) electrons. The van der Waals surface area contributed by atoms with E-state index in [-0.39, 0.29) is 11.6 Å². The zero-order chi connectivity index (χ0) is 14.0. The number of esters is 1. The van der Waals surface area contributed by atoms with Crippen molar-refractivity contribution >= 4 is 16.7 Å². The van der Waals surface area contributed by atoms with Crippen molar-refractivity contribution < 1.29 is 9.53 Å². The van der Waals surface area contributed by atoms with Crippen molar-refractivity contribution in [3.05, 3.63) is 48.0 Å². The summed E-state index contributed by atoms with van der Waals surface area (Å²) in [4.78, 5) is 12.4. The van der Waals surface area contributed by atoms with E-state index in [1.165, 1.54) is 0 Å². The molecule has 20 heavy (non-hydrogen) atoms. The second kappa shape index (κ2) is 5.28. The number of benzene rings is 2. The first kappa shape index (κ1) is 13.2. The summed E-state index contributed by atoms with van der Waals surface area (Å²) in [5, 5.41) is 2.05. The van der Waals surface area contributed by atoms with Gasteiger partial charge in [0.15, 0.2) is 0 Å². The molecule has 3 rings (SSSR count). The van der Waals surface area contributed by atoms with Gasteiger partial charge in [-0.2, -0.15) is 0 Å². The fourth-order valence-corrected chi connectivity index (χ4v) is 3.03. The summed E-state index contributed by atoms with van der Waals surface area (Å²) in [5.74, 6) is -0.237. The highest BCUT2D eigenvalue weighted by Crippen LogP contribution is 2.36. The number of ether oxygens (including phenoxy) is 1. The molecule has 0 aliphatic heterocycles. The van der Waals surface area contributed by atoms with Crippen LogP contribution < -0.4 is 0 Å². The molecular weight excluding hydrogens is 248 g/mol. The quantitative estimate of drug-likeness (QED) is 0.764. The van der Waals surface area contributed by atoms with E-state index in [0.717, 1.165) is 42.9 Å². The molecule has 1 aliphatic carbocycles. The van der Waals surface area contributed by atoms with Crippen LogP contribution in [0.1, 0.15) is 49.4 Å². The first-order valence-electron chi connectivity index (χ1n) is 7.37. The van der Waals surface area contributed by atoms with E-state index in [1.54, 1.807) is 0 Å². The summed E-state index contributed by atoms with van der Waals surface area (Å²) in [6.07, 6.45) is 5.18. The van der Waals surface area contributed by atoms with Gasteiger partial charge in [0, 0.05) is 6.07 Å². The highest BCUT2D eigenvalue weighted by atomic mass is 16.6. The van der Waals surface area contributed by atoms with Crippen molar-refractivity contribution in [2.24, 2.45) is 0 Å². The maximum atomic E-state index is 12.4. The average molecular weight is 267 g/mol. The van der Waals surface area contributed by atoms with Gasteiger partial charge < -0.3 is 4.74 Å². The summed E-state index contributed by atoms with van der Waals surface area (Å²) >= 11 is 0. The Morgan fingerprint density at radius 3 is 2.70 bits per heavy atom. The van der Waals surface area contributed by atoms with Crippen molar-refractivity contribution in [2.45, 2.75) is 44.6 Å². The summed E-state index contributed by atoms with van der Waals surface area (Å²) in [5.41, 5.74) is 0.291. The van der Waals surface area contributed by atoms with Gasteiger partial charge in [-0.1, -0.05) is 37.3 Å². The SMILES string of the molecule is CCC1(OC(=O)c2[c]c3ccccc3cc2)CCCC1. The van der Waals surface area contributed by atoms with E-state index in [2.05, 4.69) is 13.0 Å². The smallest absolute Gasteiger partial charge is 0.339 e. The summed E-state index contributed by atoms with van der Waals surface area (Å²) in [7, 11) is 0. The van der Waals surface area contributed by atoms with E-state index >= 15 is 0 Å². The van der Waals surface area contributed by atoms with Gasteiger partial charge in [0.2, 0.25) is 0 Å². The van der Waals surface area contributed by atoms with Crippen LogP contribution in [0.3, 0.4) is 0 Å². The fourth-order valence-electron chi connectivity index (χ4n) is 3.03. The Morgan fingerprint density at radius 2 is 1.95 bits per heavy atom. The third-order valence-electron chi connectivity index (χ3n) is 4.35. The molecule has 0 heterocycles. The monoisotopic (exact) mass is 267 g/mol. The molecule has 0 bridgehead atoms. The normalized spacial score (nSPS) is 17.2. The highest BCUT2D eigenvalue weighted by molar-refractivity contribution is 5.95. The van der Waals surface area contributed by atoms with E-state index in [0.29, 0.717) is 5.56 Å². The zero-order valence-electron chi connectivity index (χ0n) is 11.8. The van der Waals surface area contributed by atoms with Gasteiger partial charge in [-0.25, -0.2) is 4.79 Å².